The third-order valence-corrected chi connectivity index (χ3v) is 3.84. The molecule has 3 nitrogen and oxygen atoms in total. The summed E-state index contributed by atoms with van der Waals surface area (Å²) >= 11 is 6.41. The molecule has 0 N–H and O–H groups in total. The zero-order valence-electron chi connectivity index (χ0n) is 13.0. The number of nitrogens with zero attached hydrogens (tertiary/aromatic N) is 2. The van der Waals surface area contributed by atoms with Crippen LogP contribution in [-0.4, -0.2) is 16.0 Å². The van der Waals surface area contributed by atoms with Gasteiger partial charge in [-0.3, -0.25) is 0 Å². The topological polar surface area (TPSA) is 26.5 Å². The number of imidazole rings is 1. The lowest BCUT2D eigenvalue weighted by Crippen LogP contribution is -1.95. The van der Waals surface area contributed by atoms with Gasteiger partial charge in [-0.2, -0.15) is 0 Å². The molecule has 0 aliphatic heterocycles. The van der Waals surface area contributed by atoms with E-state index < -0.39 is 0 Å². The second-order valence-corrected chi connectivity index (χ2v) is 6.01. The second-order valence-electron chi connectivity index (χ2n) is 5.35. The summed E-state index contributed by atoms with van der Waals surface area (Å²) < 4.78 is 7.56. The van der Waals surface area contributed by atoms with Crippen LogP contribution < -0.4 is 4.74 Å². The summed E-state index contributed by atoms with van der Waals surface area (Å²) in [6.07, 6.45) is 2.03. The molecular weight excluding hydrogens is 296 g/mol. The normalized spacial score (nSPS) is 12.5. The van der Waals surface area contributed by atoms with E-state index in [1.807, 2.05) is 44.3 Å². The molecule has 0 saturated carbocycles. The monoisotopic (exact) mass is 314 g/mol. The van der Waals surface area contributed by atoms with E-state index in [4.69, 9.17) is 21.3 Å². The summed E-state index contributed by atoms with van der Waals surface area (Å²) in [6.45, 7) is 6.68. The number of hydrogen-bond donors (Lipinski definition) is 0. The van der Waals surface area contributed by atoms with Crippen molar-refractivity contribution >= 4 is 17.2 Å². The molecule has 0 saturated heterocycles. The van der Waals surface area contributed by atoms with E-state index in [1.165, 1.54) is 5.56 Å². The molecule has 22 heavy (non-hydrogen) atoms. The predicted octanol–water partition coefficient (Wildman–Crippen LogP) is 5.01. The summed E-state index contributed by atoms with van der Waals surface area (Å²) in [5.41, 5.74) is 5.10. The molecule has 1 atom stereocenters. The molecule has 0 spiro atoms. The fourth-order valence-corrected chi connectivity index (χ4v) is 2.84. The van der Waals surface area contributed by atoms with E-state index in [1.54, 1.807) is 0 Å². The summed E-state index contributed by atoms with van der Waals surface area (Å²) in [7, 11) is 0. The van der Waals surface area contributed by atoms with Gasteiger partial charge in [0.05, 0.1) is 23.4 Å². The summed E-state index contributed by atoms with van der Waals surface area (Å²) in [4.78, 5) is 4.78. The molecule has 0 aliphatic rings. The van der Waals surface area contributed by atoms with Crippen molar-refractivity contribution in [2.45, 2.75) is 26.1 Å². The van der Waals surface area contributed by atoms with Gasteiger partial charge in [-0.15, -0.1) is 11.6 Å². The fraction of sp³-hybridized carbons (Fsp3) is 0.278. The van der Waals surface area contributed by atoms with Gasteiger partial charge in [-0.1, -0.05) is 0 Å². The van der Waals surface area contributed by atoms with E-state index in [-0.39, 0.29) is 5.38 Å². The molecule has 0 aliphatic carbocycles. The number of aromatic nitrogens is 2. The Morgan fingerprint density at radius 2 is 1.95 bits per heavy atom. The number of aryl methyl sites for hydroxylation is 1. The first kappa shape index (κ1) is 14.9. The quantitative estimate of drug-likeness (QED) is 0.633. The number of pyridine rings is 1. The highest BCUT2D eigenvalue weighted by Crippen LogP contribution is 2.33. The van der Waals surface area contributed by atoms with Crippen molar-refractivity contribution in [3.05, 3.63) is 53.9 Å². The molecule has 2 aromatic heterocycles. The van der Waals surface area contributed by atoms with Gasteiger partial charge in [0.2, 0.25) is 0 Å². The average molecular weight is 315 g/mol. The van der Waals surface area contributed by atoms with Crippen LogP contribution in [0, 0.1) is 6.92 Å². The highest BCUT2D eigenvalue weighted by Gasteiger charge is 2.18. The van der Waals surface area contributed by atoms with Crippen LogP contribution in [0.1, 0.15) is 30.5 Å². The minimum Gasteiger partial charge on any atom is -0.494 e. The van der Waals surface area contributed by atoms with Crippen LogP contribution in [0.3, 0.4) is 0 Å². The first-order chi connectivity index (χ1) is 10.6. The molecule has 2 heterocycles. The van der Waals surface area contributed by atoms with Crippen LogP contribution in [0.25, 0.3) is 16.9 Å². The highest BCUT2D eigenvalue weighted by atomic mass is 35.5. The maximum Gasteiger partial charge on any atom is 0.137 e. The molecule has 0 radical (unpaired) electrons. The van der Waals surface area contributed by atoms with Crippen molar-refractivity contribution in [1.82, 2.24) is 9.38 Å². The van der Waals surface area contributed by atoms with E-state index in [9.17, 15) is 0 Å². The third-order valence-electron chi connectivity index (χ3n) is 3.63. The smallest absolute Gasteiger partial charge is 0.137 e. The van der Waals surface area contributed by atoms with E-state index in [0.717, 1.165) is 28.3 Å². The molecule has 0 bridgehead atoms. The van der Waals surface area contributed by atoms with Crippen molar-refractivity contribution in [1.29, 1.82) is 0 Å². The Morgan fingerprint density at radius 1 is 1.23 bits per heavy atom. The van der Waals surface area contributed by atoms with Crippen LogP contribution in [0.2, 0.25) is 0 Å². The second kappa shape index (κ2) is 6.01. The number of halogens is 1. The highest BCUT2D eigenvalue weighted by molar-refractivity contribution is 6.20. The number of ether oxygens (including phenoxy) is 1. The van der Waals surface area contributed by atoms with Gasteiger partial charge in [0.15, 0.2) is 0 Å². The van der Waals surface area contributed by atoms with E-state index >= 15 is 0 Å². The zero-order chi connectivity index (χ0) is 15.7. The number of rotatable bonds is 4. The lowest BCUT2D eigenvalue weighted by Gasteiger charge is -2.08. The Kier molecular flexibility index (Phi) is 4.08. The van der Waals surface area contributed by atoms with Crippen LogP contribution in [0.15, 0.2) is 42.6 Å². The molecule has 3 rings (SSSR count). The Bertz CT molecular complexity index is 791. The van der Waals surface area contributed by atoms with Crippen molar-refractivity contribution < 1.29 is 4.74 Å². The number of hydrogen-bond acceptors (Lipinski definition) is 2. The summed E-state index contributed by atoms with van der Waals surface area (Å²) in [5, 5.41) is -0.126. The van der Waals surface area contributed by atoms with E-state index in [2.05, 4.69) is 23.5 Å². The largest absolute Gasteiger partial charge is 0.494 e. The molecule has 0 fully saturated rings. The third kappa shape index (κ3) is 2.69. The SMILES string of the molecule is CCOc1ccc(-c2nc3cc(C)ccn3c2C(C)Cl)cc1. The van der Waals surface area contributed by atoms with Gasteiger partial charge in [0, 0.05) is 11.8 Å². The lowest BCUT2D eigenvalue weighted by molar-refractivity contribution is 0.340. The van der Waals surface area contributed by atoms with Crippen molar-refractivity contribution in [2.24, 2.45) is 0 Å². The minimum atomic E-state index is -0.126. The van der Waals surface area contributed by atoms with Gasteiger partial charge >= 0.3 is 0 Å². The lowest BCUT2D eigenvalue weighted by atomic mass is 10.1. The Labute approximate surface area is 135 Å². The first-order valence-corrected chi connectivity index (χ1v) is 7.89. The van der Waals surface area contributed by atoms with Crippen molar-refractivity contribution in [3.63, 3.8) is 0 Å². The molecule has 4 heteroatoms. The average Bonchev–Trinajstić information content (AvgIpc) is 2.87. The number of alkyl halides is 1. The first-order valence-electron chi connectivity index (χ1n) is 7.46. The van der Waals surface area contributed by atoms with Crippen LogP contribution >= 0.6 is 11.6 Å². The van der Waals surface area contributed by atoms with Gasteiger partial charge in [-0.25, -0.2) is 4.98 Å². The molecular formula is C18H19ClN2O. The Morgan fingerprint density at radius 3 is 2.59 bits per heavy atom. The predicted molar refractivity (Wildman–Crippen MR) is 90.8 cm³/mol. The summed E-state index contributed by atoms with van der Waals surface area (Å²) in [6, 6.07) is 12.1. The maximum atomic E-state index is 6.41. The van der Waals surface area contributed by atoms with Gasteiger partial charge in [-0.05, 0) is 62.7 Å². The minimum absolute atomic E-state index is 0.126. The fourth-order valence-electron chi connectivity index (χ4n) is 2.63. The van der Waals surface area contributed by atoms with Crippen molar-refractivity contribution in [3.8, 4) is 17.0 Å². The van der Waals surface area contributed by atoms with Crippen molar-refractivity contribution in [2.75, 3.05) is 6.61 Å². The van der Waals surface area contributed by atoms with Crippen LogP contribution in [0.5, 0.6) is 5.75 Å². The van der Waals surface area contributed by atoms with Gasteiger partial charge in [0.25, 0.3) is 0 Å². The van der Waals surface area contributed by atoms with Gasteiger partial charge < -0.3 is 9.14 Å². The molecule has 3 aromatic rings. The Balaban J connectivity index is 2.14. The molecule has 1 aromatic carbocycles. The van der Waals surface area contributed by atoms with E-state index in [0.29, 0.717) is 6.61 Å². The zero-order valence-corrected chi connectivity index (χ0v) is 13.8. The molecule has 0 amide bonds. The van der Waals surface area contributed by atoms with Gasteiger partial charge in [0.1, 0.15) is 11.4 Å². The number of fused-ring (bicyclic) bond motifs is 1. The van der Waals surface area contributed by atoms with Crippen LogP contribution in [-0.2, 0) is 0 Å². The van der Waals surface area contributed by atoms with Crippen LogP contribution in [0.4, 0.5) is 0 Å². The Hall–Kier alpha value is -2.00. The maximum absolute atomic E-state index is 6.41. The molecule has 114 valence electrons. The standard InChI is InChI=1S/C18H19ClN2O/c1-4-22-15-7-5-14(6-8-15)17-18(13(3)19)21-10-9-12(2)11-16(21)20-17/h5-11,13H,4H2,1-3H3. The summed E-state index contributed by atoms with van der Waals surface area (Å²) in [5.74, 6) is 0.867. The molecule has 1 unspecified atom stereocenters. The number of benzene rings is 1.